The Morgan fingerprint density at radius 3 is 1.26 bits per heavy atom. The monoisotopic (exact) mass is 820 g/mol. The van der Waals surface area contributed by atoms with Gasteiger partial charge in [-0.05, 0) is 102 Å². The maximum absolute atomic E-state index is 12.8. The third-order valence-electron chi connectivity index (χ3n) is 12.4. The minimum absolute atomic E-state index is 0.00146. The number of rotatable bonds is 43. The molecule has 342 valence electrons. The van der Waals surface area contributed by atoms with E-state index in [-0.39, 0.29) is 30.1 Å². The van der Waals surface area contributed by atoms with Crippen LogP contribution in [0.25, 0.3) is 0 Å². The van der Waals surface area contributed by atoms with Gasteiger partial charge in [-0.15, -0.1) is 0 Å². The van der Waals surface area contributed by atoms with Crippen molar-refractivity contribution in [3.8, 4) is 0 Å². The van der Waals surface area contributed by atoms with E-state index >= 15 is 0 Å². The molecule has 1 rings (SSSR count). The average molecular weight is 820 g/mol. The molecule has 0 aliphatic carbocycles. The van der Waals surface area contributed by atoms with Gasteiger partial charge in [0.05, 0.1) is 13.2 Å². The van der Waals surface area contributed by atoms with Crippen LogP contribution in [0.3, 0.4) is 0 Å². The molecule has 7 heteroatoms. The Bertz CT molecular complexity index is 926. The van der Waals surface area contributed by atoms with Gasteiger partial charge in [-0.3, -0.25) is 19.3 Å². The predicted molar refractivity (Wildman–Crippen MR) is 244 cm³/mol. The van der Waals surface area contributed by atoms with Crippen LogP contribution in [-0.4, -0.2) is 61.3 Å². The Labute approximate surface area is 360 Å². The van der Waals surface area contributed by atoms with Crippen LogP contribution in [0.5, 0.6) is 0 Å². The molecule has 1 heterocycles. The second-order valence-corrected chi connectivity index (χ2v) is 18.1. The highest BCUT2D eigenvalue weighted by Gasteiger charge is 2.20. The first-order valence-corrected chi connectivity index (χ1v) is 25.7. The third kappa shape index (κ3) is 34.1. The lowest BCUT2D eigenvalue weighted by Crippen LogP contribution is -2.31. The zero-order chi connectivity index (χ0) is 42.2. The summed E-state index contributed by atoms with van der Waals surface area (Å²) in [5.74, 6) is 0.618. The molecule has 1 aliphatic heterocycles. The van der Waals surface area contributed by atoms with Gasteiger partial charge in [-0.1, -0.05) is 169 Å². The zero-order valence-electron chi connectivity index (χ0n) is 39.1. The fraction of sp³-hybridized carbons (Fsp3) is 0.941. The van der Waals surface area contributed by atoms with E-state index in [0.29, 0.717) is 31.9 Å². The summed E-state index contributed by atoms with van der Waals surface area (Å²) >= 11 is 0. The lowest BCUT2D eigenvalue weighted by atomic mass is 9.92. The van der Waals surface area contributed by atoms with Crippen LogP contribution in [-0.2, 0) is 28.6 Å². The van der Waals surface area contributed by atoms with Crippen LogP contribution in [0.2, 0.25) is 0 Å². The molecule has 0 amide bonds. The summed E-state index contributed by atoms with van der Waals surface area (Å²) in [5, 5.41) is 0. The topological polar surface area (TPSA) is 82.1 Å². The van der Waals surface area contributed by atoms with Crippen molar-refractivity contribution in [2.45, 2.75) is 277 Å². The van der Waals surface area contributed by atoms with E-state index in [1.54, 1.807) is 0 Å². The maximum Gasteiger partial charge on any atom is 0.320 e. The predicted octanol–water partition coefficient (Wildman–Crippen LogP) is 14.8. The molecule has 0 spiro atoms. The molecule has 0 aromatic rings. The van der Waals surface area contributed by atoms with Crippen LogP contribution >= 0.6 is 0 Å². The molecule has 0 radical (unpaired) electrons. The Kier molecular flexibility index (Phi) is 38.2. The SMILES string of the molecule is CCCCCCCC(CCCCC)OC(=O)CCCCCCCCC(CCCCCCCCC(=O)OCCC(CCCCC)CCCCC)OC(=O)CN1CCCC1. The second-order valence-electron chi connectivity index (χ2n) is 18.1. The molecule has 1 saturated heterocycles. The summed E-state index contributed by atoms with van der Waals surface area (Å²) in [5.41, 5.74) is 0. The van der Waals surface area contributed by atoms with Crippen molar-refractivity contribution in [3.05, 3.63) is 0 Å². The van der Waals surface area contributed by atoms with Gasteiger partial charge < -0.3 is 14.2 Å². The van der Waals surface area contributed by atoms with Crippen molar-refractivity contribution < 1.29 is 28.6 Å². The van der Waals surface area contributed by atoms with Crippen molar-refractivity contribution in [1.29, 1.82) is 0 Å². The van der Waals surface area contributed by atoms with Crippen molar-refractivity contribution in [3.63, 3.8) is 0 Å². The maximum atomic E-state index is 12.8. The number of esters is 3. The molecule has 0 aromatic carbocycles. The summed E-state index contributed by atoms with van der Waals surface area (Å²) in [6, 6.07) is 0. The molecule has 2 unspecified atom stereocenters. The van der Waals surface area contributed by atoms with Gasteiger partial charge >= 0.3 is 17.9 Å². The Morgan fingerprint density at radius 1 is 0.414 bits per heavy atom. The van der Waals surface area contributed by atoms with Gasteiger partial charge in [0, 0.05) is 12.8 Å². The number of likely N-dealkylation sites (tertiary alicyclic amines) is 1. The van der Waals surface area contributed by atoms with Crippen LogP contribution in [0.15, 0.2) is 0 Å². The molecular weight excluding hydrogens is 723 g/mol. The highest BCUT2D eigenvalue weighted by atomic mass is 16.5. The minimum atomic E-state index is -0.0572. The van der Waals surface area contributed by atoms with Crippen molar-refractivity contribution in [2.24, 2.45) is 5.92 Å². The second kappa shape index (κ2) is 40.8. The van der Waals surface area contributed by atoms with Gasteiger partial charge in [0.2, 0.25) is 0 Å². The number of carbonyl (C=O) groups is 3. The van der Waals surface area contributed by atoms with Crippen LogP contribution in [0, 0.1) is 5.92 Å². The molecule has 1 fully saturated rings. The summed E-state index contributed by atoms with van der Waals surface area (Å²) in [6.07, 6.45) is 41.6. The number of hydrogen-bond acceptors (Lipinski definition) is 7. The van der Waals surface area contributed by atoms with Gasteiger partial charge in [-0.2, -0.15) is 0 Å². The Hall–Kier alpha value is -1.63. The fourth-order valence-corrected chi connectivity index (χ4v) is 8.62. The smallest absolute Gasteiger partial charge is 0.320 e. The van der Waals surface area contributed by atoms with Gasteiger partial charge in [0.15, 0.2) is 0 Å². The fourth-order valence-electron chi connectivity index (χ4n) is 8.62. The molecule has 0 bridgehead atoms. The van der Waals surface area contributed by atoms with Crippen molar-refractivity contribution in [2.75, 3.05) is 26.2 Å². The largest absolute Gasteiger partial charge is 0.466 e. The van der Waals surface area contributed by atoms with E-state index in [4.69, 9.17) is 14.2 Å². The summed E-state index contributed by atoms with van der Waals surface area (Å²) in [7, 11) is 0. The van der Waals surface area contributed by atoms with E-state index in [1.807, 2.05) is 0 Å². The summed E-state index contributed by atoms with van der Waals surface area (Å²) in [6.45, 7) is 12.0. The highest BCUT2D eigenvalue weighted by Crippen LogP contribution is 2.22. The molecule has 2 atom stereocenters. The van der Waals surface area contributed by atoms with E-state index in [1.165, 1.54) is 109 Å². The van der Waals surface area contributed by atoms with Crippen LogP contribution in [0.4, 0.5) is 0 Å². The first-order chi connectivity index (χ1) is 28.4. The minimum Gasteiger partial charge on any atom is -0.466 e. The van der Waals surface area contributed by atoms with E-state index in [2.05, 4.69) is 32.6 Å². The first kappa shape index (κ1) is 54.4. The van der Waals surface area contributed by atoms with Crippen LogP contribution in [0.1, 0.15) is 265 Å². The van der Waals surface area contributed by atoms with Crippen molar-refractivity contribution >= 4 is 17.9 Å². The molecule has 1 aliphatic rings. The molecule has 7 nitrogen and oxygen atoms in total. The molecule has 58 heavy (non-hydrogen) atoms. The number of nitrogens with zero attached hydrogens (tertiary/aromatic N) is 1. The lowest BCUT2D eigenvalue weighted by molar-refractivity contribution is -0.151. The molecule has 0 N–H and O–H groups in total. The zero-order valence-corrected chi connectivity index (χ0v) is 39.1. The third-order valence-corrected chi connectivity index (χ3v) is 12.4. The molecule has 0 saturated carbocycles. The standard InChI is InChI=1S/C51H97NO6/c1-5-9-13-18-26-36-47(35-25-12-8-4)57-50(54)40-30-22-17-15-20-28-38-48(58-51(55)45-52-42-31-32-43-52)37-27-19-14-16-21-29-39-49(53)56-44-41-46(33-23-10-6-2)34-24-11-7-3/h46-48H,5-45H2,1-4H3. The van der Waals surface area contributed by atoms with Crippen LogP contribution < -0.4 is 0 Å². The molecule has 0 aromatic heterocycles. The Balaban J connectivity index is 2.27. The number of unbranched alkanes of at least 4 members (excludes halogenated alkanes) is 20. The van der Waals surface area contributed by atoms with Gasteiger partial charge in [-0.25, -0.2) is 0 Å². The molecular formula is C51H97NO6. The van der Waals surface area contributed by atoms with E-state index in [0.717, 1.165) is 129 Å². The normalized spacial score (nSPS) is 14.2. The van der Waals surface area contributed by atoms with E-state index in [9.17, 15) is 14.4 Å². The number of carbonyl (C=O) groups excluding carboxylic acids is 3. The summed E-state index contributed by atoms with van der Waals surface area (Å²) < 4.78 is 17.7. The average Bonchev–Trinajstić information content (AvgIpc) is 3.72. The lowest BCUT2D eigenvalue weighted by Gasteiger charge is -2.20. The number of ether oxygens (including phenoxy) is 3. The highest BCUT2D eigenvalue weighted by molar-refractivity contribution is 5.72. The Morgan fingerprint density at radius 2 is 0.776 bits per heavy atom. The number of hydrogen-bond donors (Lipinski definition) is 0. The quantitative estimate of drug-likeness (QED) is 0.0344. The van der Waals surface area contributed by atoms with Gasteiger partial charge in [0.25, 0.3) is 0 Å². The first-order valence-electron chi connectivity index (χ1n) is 25.7. The van der Waals surface area contributed by atoms with Crippen molar-refractivity contribution in [1.82, 2.24) is 4.90 Å². The summed E-state index contributed by atoms with van der Waals surface area (Å²) in [4.78, 5) is 40.1. The van der Waals surface area contributed by atoms with E-state index < -0.39 is 0 Å². The van der Waals surface area contributed by atoms with Gasteiger partial charge in [0.1, 0.15) is 12.2 Å².